The van der Waals surface area contributed by atoms with Gasteiger partial charge in [-0.3, -0.25) is 0 Å². The third kappa shape index (κ3) is 4.49. The Labute approximate surface area is 144 Å². The summed E-state index contributed by atoms with van der Waals surface area (Å²) in [6.45, 7) is 3.73. The summed E-state index contributed by atoms with van der Waals surface area (Å²) in [5.74, 6) is -1.42. The summed E-state index contributed by atoms with van der Waals surface area (Å²) in [6, 6.07) is 11.3. The zero-order valence-electron chi connectivity index (χ0n) is 13.3. The fourth-order valence-electron chi connectivity index (χ4n) is 2.01. The van der Waals surface area contributed by atoms with Crippen LogP contribution < -0.4 is 9.47 Å². The minimum absolute atomic E-state index is 0.0668. The average Bonchev–Trinajstić information content (AvgIpc) is 2.55. The molecule has 0 saturated heterocycles. The Morgan fingerprint density at radius 3 is 2.42 bits per heavy atom. The summed E-state index contributed by atoms with van der Waals surface area (Å²) in [5, 5.41) is 9.42. The predicted molar refractivity (Wildman–Crippen MR) is 89.9 cm³/mol. The molecule has 1 N–H and O–H groups in total. The second kappa shape index (κ2) is 7.84. The van der Waals surface area contributed by atoms with Gasteiger partial charge in [0.2, 0.25) is 0 Å². The molecule has 0 heterocycles. The molecular weight excluding hydrogens is 332 g/mol. The van der Waals surface area contributed by atoms with Crippen molar-refractivity contribution in [3.05, 3.63) is 58.6 Å². The average molecular weight is 349 g/mol. The maximum atomic E-state index is 12.3. The second-order valence-corrected chi connectivity index (χ2v) is 5.63. The van der Waals surface area contributed by atoms with Crippen LogP contribution in [0.25, 0.3) is 0 Å². The molecule has 6 heteroatoms. The zero-order valence-corrected chi connectivity index (χ0v) is 14.0. The molecule has 24 heavy (non-hydrogen) atoms. The molecule has 2 aromatic carbocycles. The summed E-state index contributed by atoms with van der Waals surface area (Å²) >= 11 is 5.78. The van der Waals surface area contributed by atoms with Gasteiger partial charge >= 0.3 is 11.9 Å². The highest BCUT2D eigenvalue weighted by Gasteiger charge is 2.23. The Hall–Kier alpha value is -2.53. The summed E-state index contributed by atoms with van der Waals surface area (Å²) in [7, 11) is 0. The van der Waals surface area contributed by atoms with Gasteiger partial charge in [-0.25, -0.2) is 9.59 Å². The minimum Gasteiger partial charge on any atom is -0.479 e. The highest BCUT2D eigenvalue weighted by molar-refractivity contribution is 6.31. The number of halogens is 1. The van der Waals surface area contributed by atoms with Gasteiger partial charge in [0.15, 0.2) is 6.10 Å². The lowest BCUT2D eigenvalue weighted by Crippen LogP contribution is -2.31. The van der Waals surface area contributed by atoms with E-state index in [4.69, 9.17) is 21.1 Å². The highest BCUT2D eigenvalue weighted by atomic mass is 35.5. The van der Waals surface area contributed by atoms with Gasteiger partial charge in [-0.15, -0.1) is 0 Å². The van der Waals surface area contributed by atoms with Gasteiger partial charge in [0.05, 0.1) is 0 Å². The van der Waals surface area contributed by atoms with E-state index in [0.29, 0.717) is 12.2 Å². The molecule has 0 spiro atoms. The van der Waals surface area contributed by atoms with E-state index >= 15 is 0 Å². The lowest BCUT2D eigenvalue weighted by atomic mass is 10.2. The van der Waals surface area contributed by atoms with Crippen LogP contribution in [0.1, 0.15) is 29.3 Å². The van der Waals surface area contributed by atoms with Crippen molar-refractivity contribution in [3.8, 4) is 11.5 Å². The van der Waals surface area contributed by atoms with E-state index < -0.39 is 18.0 Å². The number of hydrogen-bond donors (Lipinski definition) is 1. The van der Waals surface area contributed by atoms with Crippen LogP contribution in [0.15, 0.2) is 42.5 Å². The van der Waals surface area contributed by atoms with E-state index in [9.17, 15) is 14.7 Å². The maximum absolute atomic E-state index is 12.3. The smallest absolute Gasteiger partial charge is 0.352 e. The fraction of sp³-hybridized carbons (Fsp3) is 0.222. The maximum Gasteiger partial charge on any atom is 0.352 e. The van der Waals surface area contributed by atoms with Gasteiger partial charge in [0.25, 0.3) is 0 Å². The quantitative estimate of drug-likeness (QED) is 0.628. The Morgan fingerprint density at radius 1 is 1.17 bits per heavy atom. The van der Waals surface area contributed by atoms with E-state index in [-0.39, 0.29) is 16.3 Å². The summed E-state index contributed by atoms with van der Waals surface area (Å²) in [6.07, 6.45) is -0.465. The number of carbonyl (C=O) groups excluding carboxylic acids is 1. The molecule has 0 bridgehead atoms. The van der Waals surface area contributed by atoms with Gasteiger partial charge < -0.3 is 14.6 Å². The van der Waals surface area contributed by atoms with Crippen LogP contribution in [0.4, 0.5) is 0 Å². The van der Waals surface area contributed by atoms with Crippen molar-refractivity contribution in [1.29, 1.82) is 0 Å². The lowest BCUT2D eigenvalue weighted by molar-refractivity contribution is -0.142. The molecule has 1 atom stereocenters. The zero-order chi connectivity index (χ0) is 17.7. The van der Waals surface area contributed by atoms with Crippen LogP contribution >= 0.6 is 11.6 Å². The first-order valence-corrected chi connectivity index (χ1v) is 7.76. The third-order valence-corrected chi connectivity index (χ3v) is 3.55. The molecule has 0 saturated carbocycles. The van der Waals surface area contributed by atoms with E-state index in [0.717, 1.165) is 5.56 Å². The molecule has 1 unspecified atom stereocenters. The fourth-order valence-corrected chi connectivity index (χ4v) is 2.18. The van der Waals surface area contributed by atoms with E-state index in [1.807, 2.05) is 19.1 Å². The van der Waals surface area contributed by atoms with Crippen LogP contribution in [-0.4, -0.2) is 23.1 Å². The molecule has 0 aromatic heterocycles. The number of aromatic carboxylic acids is 1. The van der Waals surface area contributed by atoms with Crippen molar-refractivity contribution >= 4 is 23.5 Å². The Bertz CT molecular complexity index is 740. The number of hydrogen-bond acceptors (Lipinski definition) is 4. The van der Waals surface area contributed by atoms with Gasteiger partial charge in [-0.2, -0.15) is 0 Å². The number of carbonyl (C=O) groups is 2. The first-order chi connectivity index (χ1) is 11.4. The number of aryl methyl sites for hydroxylation is 1. The molecule has 0 radical (unpaired) electrons. The number of carboxylic acids is 1. The number of carboxylic acid groups (broad SMARTS) is 1. The van der Waals surface area contributed by atoms with Crippen LogP contribution in [0.5, 0.6) is 11.5 Å². The van der Waals surface area contributed by atoms with Gasteiger partial charge in [0, 0.05) is 5.02 Å². The highest BCUT2D eigenvalue weighted by Crippen LogP contribution is 2.24. The molecule has 0 fully saturated rings. The molecule has 0 aliphatic carbocycles. The number of benzene rings is 2. The monoisotopic (exact) mass is 348 g/mol. The number of rotatable bonds is 6. The second-order valence-electron chi connectivity index (χ2n) is 5.19. The molecule has 5 nitrogen and oxygen atoms in total. The van der Waals surface area contributed by atoms with Crippen molar-refractivity contribution in [1.82, 2.24) is 0 Å². The topological polar surface area (TPSA) is 72.8 Å². The Morgan fingerprint density at radius 2 is 1.83 bits per heavy atom. The summed E-state index contributed by atoms with van der Waals surface area (Å²) in [4.78, 5) is 23.5. The SMILES string of the molecule is CCC(Oc1ccc(C)cc1)C(=O)Oc1ccc(Cl)cc1C(=O)O. The van der Waals surface area contributed by atoms with Crippen molar-refractivity contribution in [3.63, 3.8) is 0 Å². The normalized spacial score (nSPS) is 11.6. The Balaban J connectivity index is 2.15. The van der Waals surface area contributed by atoms with E-state index in [1.165, 1.54) is 18.2 Å². The van der Waals surface area contributed by atoms with Gasteiger partial charge in [-0.05, 0) is 43.7 Å². The first kappa shape index (κ1) is 17.8. The molecule has 2 rings (SSSR count). The van der Waals surface area contributed by atoms with Crippen LogP contribution in [-0.2, 0) is 4.79 Å². The largest absolute Gasteiger partial charge is 0.479 e. The van der Waals surface area contributed by atoms with E-state index in [1.54, 1.807) is 19.1 Å². The van der Waals surface area contributed by atoms with Crippen LogP contribution in [0.3, 0.4) is 0 Å². The molecule has 126 valence electrons. The molecule has 2 aromatic rings. The Kier molecular flexibility index (Phi) is 5.82. The van der Waals surface area contributed by atoms with Crippen LogP contribution in [0.2, 0.25) is 5.02 Å². The van der Waals surface area contributed by atoms with Crippen molar-refractivity contribution in [2.24, 2.45) is 0 Å². The molecule has 0 aliphatic heterocycles. The lowest BCUT2D eigenvalue weighted by Gasteiger charge is -2.17. The van der Waals surface area contributed by atoms with Crippen molar-refractivity contribution < 1.29 is 24.2 Å². The van der Waals surface area contributed by atoms with Crippen molar-refractivity contribution in [2.45, 2.75) is 26.4 Å². The first-order valence-electron chi connectivity index (χ1n) is 7.38. The van der Waals surface area contributed by atoms with Gasteiger partial charge in [-0.1, -0.05) is 36.2 Å². The minimum atomic E-state index is -1.23. The third-order valence-electron chi connectivity index (χ3n) is 3.32. The van der Waals surface area contributed by atoms with Crippen molar-refractivity contribution in [2.75, 3.05) is 0 Å². The number of ether oxygens (including phenoxy) is 2. The summed E-state index contributed by atoms with van der Waals surface area (Å²) in [5.41, 5.74) is 0.895. The van der Waals surface area contributed by atoms with Crippen LogP contribution in [0, 0.1) is 6.92 Å². The molecule has 0 aliphatic rings. The van der Waals surface area contributed by atoms with E-state index in [2.05, 4.69) is 0 Å². The predicted octanol–water partition coefficient (Wildman–Crippen LogP) is 4.11. The molecular formula is C18H17ClO5. The summed E-state index contributed by atoms with van der Waals surface area (Å²) < 4.78 is 10.8. The standard InChI is InChI=1S/C18H17ClO5/c1-3-15(23-13-7-4-11(2)5-8-13)18(22)24-16-9-6-12(19)10-14(16)17(20)21/h4-10,15H,3H2,1-2H3,(H,20,21). The molecule has 0 amide bonds. The van der Waals surface area contributed by atoms with Gasteiger partial charge in [0.1, 0.15) is 17.1 Å². The number of esters is 1.